The molecule has 1 aliphatic carbocycles. The fraction of sp³-hybridized carbons (Fsp3) is 0.929. The number of hydrogen-bond acceptors (Lipinski definition) is 4. The number of epoxide rings is 1. The Bertz CT molecular complexity index is 303. The second-order valence-electron chi connectivity index (χ2n) is 5.30. The molecule has 4 nitrogen and oxygen atoms in total. The molecule has 4 heteroatoms. The molecule has 1 aliphatic heterocycles. The average molecular weight is 255 g/mol. The van der Waals surface area contributed by atoms with Crippen molar-refractivity contribution in [2.24, 2.45) is 0 Å². The first-order valence-electron chi connectivity index (χ1n) is 7.24. The van der Waals surface area contributed by atoms with Crippen LogP contribution in [0, 0.1) is 0 Å². The van der Waals surface area contributed by atoms with Crippen molar-refractivity contribution in [2.45, 2.75) is 70.8 Å². The van der Waals surface area contributed by atoms with Crippen molar-refractivity contribution < 1.29 is 14.3 Å². The SMILES string of the molecule is CCN(CC)C12CCCCCC(OC(C)=O)C1O2. The third-order valence-electron chi connectivity index (χ3n) is 4.20. The van der Waals surface area contributed by atoms with Gasteiger partial charge >= 0.3 is 5.97 Å². The van der Waals surface area contributed by atoms with Crippen LogP contribution in [-0.4, -0.2) is 41.9 Å². The number of esters is 1. The maximum absolute atomic E-state index is 11.2. The van der Waals surface area contributed by atoms with Crippen LogP contribution in [0.2, 0.25) is 0 Å². The average Bonchev–Trinajstić information content (AvgIpc) is 3.01. The maximum Gasteiger partial charge on any atom is 0.302 e. The zero-order valence-electron chi connectivity index (χ0n) is 11.8. The first kappa shape index (κ1) is 13.8. The van der Waals surface area contributed by atoms with Gasteiger partial charge in [0.25, 0.3) is 0 Å². The van der Waals surface area contributed by atoms with Crippen LogP contribution in [0.3, 0.4) is 0 Å². The van der Waals surface area contributed by atoms with Crippen LogP contribution in [0.25, 0.3) is 0 Å². The minimum Gasteiger partial charge on any atom is -0.460 e. The fourth-order valence-corrected chi connectivity index (χ4v) is 3.31. The molecule has 104 valence electrons. The minimum absolute atomic E-state index is 0.0524. The van der Waals surface area contributed by atoms with Gasteiger partial charge in [0.2, 0.25) is 0 Å². The predicted octanol–water partition coefficient (Wildman–Crippen LogP) is 2.32. The Balaban J connectivity index is 2.09. The smallest absolute Gasteiger partial charge is 0.302 e. The van der Waals surface area contributed by atoms with Gasteiger partial charge in [-0.15, -0.1) is 0 Å². The number of ether oxygens (including phenoxy) is 2. The molecule has 2 fully saturated rings. The lowest BCUT2D eigenvalue weighted by Crippen LogP contribution is -2.44. The minimum atomic E-state index is -0.190. The van der Waals surface area contributed by atoms with Crippen LogP contribution in [0.5, 0.6) is 0 Å². The van der Waals surface area contributed by atoms with E-state index in [2.05, 4.69) is 18.7 Å². The lowest BCUT2D eigenvalue weighted by molar-refractivity contribution is -0.147. The van der Waals surface area contributed by atoms with E-state index in [1.807, 2.05) is 0 Å². The van der Waals surface area contributed by atoms with E-state index in [1.54, 1.807) is 0 Å². The standard InChI is InChI=1S/C14H25NO3/c1-4-15(5-2)14-10-8-6-7-9-12(13(14)18-14)17-11(3)16/h12-13H,4-10H2,1-3H3. The molecule has 0 radical (unpaired) electrons. The molecule has 1 heterocycles. The van der Waals surface area contributed by atoms with Crippen LogP contribution in [0.1, 0.15) is 52.9 Å². The quantitative estimate of drug-likeness (QED) is 0.571. The van der Waals surface area contributed by atoms with Gasteiger partial charge in [-0.1, -0.05) is 20.3 Å². The van der Waals surface area contributed by atoms with Gasteiger partial charge in [0.15, 0.2) is 5.72 Å². The molecule has 1 saturated heterocycles. The number of rotatable bonds is 4. The van der Waals surface area contributed by atoms with Gasteiger partial charge in [-0.2, -0.15) is 0 Å². The first-order chi connectivity index (χ1) is 8.64. The molecular weight excluding hydrogens is 230 g/mol. The van der Waals surface area contributed by atoms with Gasteiger partial charge in [0, 0.05) is 6.92 Å². The molecule has 2 aliphatic rings. The monoisotopic (exact) mass is 255 g/mol. The molecule has 0 amide bonds. The lowest BCUT2D eigenvalue weighted by Gasteiger charge is -2.30. The third-order valence-corrected chi connectivity index (χ3v) is 4.20. The number of carbonyl (C=O) groups is 1. The Kier molecular flexibility index (Phi) is 4.28. The van der Waals surface area contributed by atoms with Gasteiger partial charge < -0.3 is 9.47 Å². The van der Waals surface area contributed by atoms with E-state index in [1.165, 1.54) is 19.8 Å². The first-order valence-corrected chi connectivity index (χ1v) is 7.24. The van der Waals surface area contributed by atoms with E-state index in [4.69, 9.17) is 9.47 Å². The molecule has 18 heavy (non-hydrogen) atoms. The summed E-state index contributed by atoms with van der Waals surface area (Å²) in [5.74, 6) is -0.190. The fourth-order valence-electron chi connectivity index (χ4n) is 3.31. The summed E-state index contributed by atoms with van der Waals surface area (Å²) < 4.78 is 11.5. The molecule has 2 rings (SSSR count). The summed E-state index contributed by atoms with van der Waals surface area (Å²) in [7, 11) is 0. The number of likely N-dealkylation sites (N-methyl/N-ethyl adjacent to an activating group) is 1. The molecule has 0 aromatic carbocycles. The van der Waals surface area contributed by atoms with Crippen molar-refractivity contribution in [3.63, 3.8) is 0 Å². The summed E-state index contributed by atoms with van der Waals surface area (Å²) in [6.45, 7) is 7.78. The van der Waals surface area contributed by atoms with E-state index in [-0.39, 0.29) is 23.9 Å². The summed E-state index contributed by atoms with van der Waals surface area (Å²) in [4.78, 5) is 13.6. The van der Waals surface area contributed by atoms with Crippen LogP contribution in [0.15, 0.2) is 0 Å². The summed E-state index contributed by atoms with van der Waals surface area (Å²) in [6.07, 6.45) is 5.58. The number of carbonyl (C=O) groups excluding carboxylic acids is 1. The van der Waals surface area contributed by atoms with Crippen molar-refractivity contribution in [3.8, 4) is 0 Å². The molecule has 0 spiro atoms. The third kappa shape index (κ3) is 2.54. The molecule has 0 bridgehead atoms. The highest BCUT2D eigenvalue weighted by Crippen LogP contribution is 2.48. The Morgan fingerprint density at radius 3 is 2.67 bits per heavy atom. The topological polar surface area (TPSA) is 42.1 Å². The molecule has 1 saturated carbocycles. The Morgan fingerprint density at radius 2 is 2.06 bits per heavy atom. The predicted molar refractivity (Wildman–Crippen MR) is 69.2 cm³/mol. The highest BCUT2D eigenvalue weighted by Gasteiger charge is 2.63. The number of fused-ring (bicyclic) bond motifs is 1. The summed E-state index contributed by atoms with van der Waals surface area (Å²) in [5, 5.41) is 0. The van der Waals surface area contributed by atoms with Gasteiger partial charge in [0.1, 0.15) is 12.2 Å². The van der Waals surface area contributed by atoms with Crippen molar-refractivity contribution in [1.29, 1.82) is 0 Å². The van der Waals surface area contributed by atoms with Crippen LogP contribution in [-0.2, 0) is 14.3 Å². The van der Waals surface area contributed by atoms with Gasteiger partial charge in [-0.05, 0) is 38.8 Å². The molecule has 3 unspecified atom stereocenters. The van der Waals surface area contributed by atoms with Crippen LogP contribution < -0.4 is 0 Å². The van der Waals surface area contributed by atoms with Gasteiger partial charge in [-0.25, -0.2) is 0 Å². The number of nitrogens with zero attached hydrogens (tertiary/aromatic N) is 1. The molecule has 0 aromatic heterocycles. The highest BCUT2D eigenvalue weighted by atomic mass is 16.7. The van der Waals surface area contributed by atoms with E-state index >= 15 is 0 Å². The maximum atomic E-state index is 11.2. The summed E-state index contributed by atoms with van der Waals surface area (Å²) in [5.41, 5.74) is -0.149. The normalized spacial score (nSPS) is 35.6. The van der Waals surface area contributed by atoms with E-state index in [9.17, 15) is 4.79 Å². The lowest BCUT2D eigenvalue weighted by atomic mass is 9.93. The molecular formula is C14H25NO3. The van der Waals surface area contributed by atoms with E-state index in [0.717, 1.165) is 32.4 Å². The second-order valence-corrected chi connectivity index (χ2v) is 5.30. The molecule has 3 atom stereocenters. The zero-order valence-corrected chi connectivity index (χ0v) is 11.8. The van der Waals surface area contributed by atoms with Crippen LogP contribution >= 0.6 is 0 Å². The van der Waals surface area contributed by atoms with E-state index < -0.39 is 0 Å². The van der Waals surface area contributed by atoms with Gasteiger partial charge in [-0.3, -0.25) is 9.69 Å². The summed E-state index contributed by atoms with van der Waals surface area (Å²) in [6, 6.07) is 0. The largest absolute Gasteiger partial charge is 0.460 e. The van der Waals surface area contributed by atoms with Crippen molar-refractivity contribution in [1.82, 2.24) is 4.90 Å². The van der Waals surface area contributed by atoms with Crippen molar-refractivity contribution in [3.05, 3.63) is 0 Å². The Morgan fingerprint density at radius 1 is 1.33 bits per heavy atom. The molecule has 0 aromatic rings. The number of hydrogen-bond donors (Lipinski definition) is 0. The van der Waals surface area contributed by atoms with E-state index in [0.29, 0.717) is 0 Å². The van der Waals surface area contributed by atoms with Crippen LogP contribution in [0.4, 0.5) is 0 Å². The van der Waals surface area contributed by atoms with Gasteiger partial charge in [0.05, 0.1) is 0 Å². The zero-order chi connectivity index (χ0) is 13.2. The molecule has 0 N–H and O–H groups in total. The Labute approximate surface area is 110 Å². The van der Waals surface area contributed by atoms with Crippen molar-refractivity contribution in [2.75, 3.05) is 13.1 Å². The van der Waals surface area contributed by atoms with Crippen molar-refractivity contribution >= 4 is 5.97 Å². The Hall–Kier alpha value is -0.610. The summed E-state index contributed by atoms with van der Waals surface area (Å²) >= 11 is 0. The second kappa shape index (κ2) is 5.57. The highest BCUT2D eigenvalue weighted by molar-refractivity contribution is 5.66.